The molecular formula is C21H22N4O3S. The summed E-state index contributed by atoms with van der Waals surface area (Å²) < 4.78 is 28.8. The third kappa shape index (κ3) is 3.94. The van der Waals surface area contributed by atoms with Crippen molar-refractivity contribution in [1.29, 1.82) is 0 Å². The zero-order chi connectivity index (χ0) is 20.4. The van der Waals surface area contributed by atoms with Gasteiger partial charge in [0, 0.05) is 44.1 Å². The molecule has 7 nitrogen and oxygen atoms in total. The molecule has 0 unspecified atom stereocenters. The number of amides is 1. The first-order chi connectivity index (χ1) is 13.9. The van der Waals surface area contributed by atoms with E-state index in [2.05, 4.69) is 5.10 Å². The fourth-order valence-corrected chi connectivity index (χ4v) is 4.77. The minimum atomic E-state index is -3.54. The standard InChI is InChI=1S/C21H22N4O3S/c1-17-3-9-20(10-4-17)29(27,28)24-15-13-23(14-16-24)21(26)18-5-7-19(8-6-18)25-12-2-11-22-25/h2-12H,13-16H2,1H3. The van der Waals surface area contributed by atoms with Crippen LogP contribution in [-0.4, -0.2) is 59.5 Å². The number of rotatable bonds is 4. The minimum absolute atomic E-state index is 0.0931. The fourth-order valence-electron chi connectivity index (χ4n) is 3.35. The number of hydrogen-bond donors (Lipinski definition) is 0. The van der Waals surface area contributed by atoms with Crippen molar-refractivity contribution in [2.45, 2.75) is 11.8 Å². The highest BCUT2D eigenvalue weighted by atomic mass is 32.2. The highest BCUT2D eigenvalue weighted by molar-refractivity contribution is 7.89. The Bertz CT molecular complexity index is 1080. The molecule has 29 heavy (non-hydrogen) atoms. The lowest BCUT2D eigenvalue weighted by molar-refractivity contribution is 0.0698. The van der Waals surface area contributed by atoms with Gasteiger partial charge in [0.25, 0.3) is 5.91 Å². The molecule has 1 saturated heterocycles. The predicted octanol–water partition coefficient (Wildman–Crippen LogP) is 2.33. The van der Waals surface area contributed by atoms with Gasteiger partial charge in [0.05, 0.1) is 10.6 Å². The van der Waals surface area contributed by atoms with E-state index in [1.807, 2.05) is 31.3 Å². The molecule has 0 bridgehead atoms. The van der Waals surface area contributed by atoms with E-state index >= 15 is 0 Å². The molecule has 1 aliphatic rings. The third-order valence-corrected chi connectivity index (χ3v) is 6.98. The van der Waals surface area contributed by atoms with Crippen molar-refractivity contribution in [3.63, 3.8) is 0 Å². The molecule has 1 amide bonds. The van der Waals surface area contributed by atoms with E-state index in [4.69, 9.17) is 0 Å². The maximum absolute atomic E-state index is 12.8. The molecule has 0 spiro atoms. The number of nitrogens with zero attached hydrogens (tertiary/aromatic N) is 4. The van der Waals surface area contributed by atoms with Crippen LogP contribution in [0.3, 0.4) is 0 Å². The topological polar surface area (TPSA) is 75.5 Å². The maximum atomic E-state index is 12.8. The minimum Gasteiger partial charge on any atom is -0.336 e. The van der Waals surface area contributed by atoms with E-state index in [0.29, 0.717) is 18.7 Å². The Balaban J connectivity index is 1.41. The first kappa shape index (κ1) is 19.4. The molecule has 0 atom stereocenters. The van der Waals surface area contributed by atoms with Crippen LogP contribution in [0.1, 0.15) is 15.9 Å². The van der Waals surface area contributed by atoms with E-state index in [1.54, 1.807) is 52.2 Å². The molecule has 0 radical (unpaired) electrons. The van der Waals surface area contributed by atoms with Gasteiger partial charge in [0.1, 0.15) is 0 Å². The van der Waals surface area contributed by atoms with Crippen LogP contribution >= 0.6 is 0 Å². The lowest BCUT2D eigenvalue weighted by atomic mass is 10.1. The molecule has 1 fully saturated rings. The summed E-state index contributed by atoms with van der Waals surface area (Å²) in [6.45, 7) is 3.22. The number of aryl methyl sites for hydroxylation is 1. The molecule has 150 valence electrons. The highest BCUT2D eigenvalue weighted by Crippen LogP contribution is 2.19. The van der Waals surface area contributed by atoms with Crippen LogP contribution in [0.25, 0.3) is 5.69 Å². The van der Waals surface area contributed by atoms with Gasteiger partial charge in [0.15, 0.2) is 0 Å². The molecule has 0 N–H and O–H groups in total. The summed E-state index contributed by atoms with van der Waals surface area (Å²) in [6, 6.07) is 15.9. The van der Waals surface area contributed by atoms with Gasteiger partial charge in [-0.3, -0.25) is 4.79 Å². The van der Waals surface area contributed by atoms with Crippen LogP contribution in [0.4, 0.5) is 0 Å². The monoisotopic (exact) mass is 410 g/mol. The van der Waals surface area contributed by atoms with Crippen LogP contribution in [0.2, 0.25) is 0 Å². The summed E-state index contributed by atoms with van der Waals surface area (Å²) in [5.74, 6) is -0.0931. The molecule has 2 aromatic carbocycles. The van der Waals surface area contributed by atoms with E-state index in [1.165, 1.54) is 4.31 Å². The average Bonchev–Trinajstić information content (AvgIpc) is 3.29. The summed E-state index contributed by atoms with van der Waals surface area (Å²) in [4.78, 5) is 14.8. The van der Waals surface area contributed by atoms with Crippen molar-refractivity contribution < 1.29 is 13.2 Å². The highest BCUT2D eigenvalue weighted by Gasteiger charge is 2.30. The van der Waals surface area contributed by atoms with Crippen molar-refractivity contribution in [2.24, 2.45) is 0 Å². The molecule has 3 aromatic rings. The summed E-state index contributed by atoms with van der Waals surface area (Å²) in [7, 11) is -3.54. The molecule has 2 heterocycles. The Morgan fingerprint density at radius 3 is 2.17 bits per heavy atom. The van der Waals surface area contributed by atoms with Gasteiger partial charge >= 0.3 is 0 Å². The van der Waals surface area contributed by atoms with Gasteiger partial charge in [-0.15, -0.1) is 0 Å². The number of carbonyl (C=O) groups excluding carboxylic acids is 1. The number of carbonyl (C=O) groups is 1. The Kier molecular flexibility index (Phi) is 5.21. The molecule has 0 saturated carbocycles. The molecular weight excluding hydrogens is 388 g/mol. The van der Waals surface area contributed by atoms with E-state index < -0.39 is 10.0 Å². The lowest BCUT2D eigenvalue weighted by Gasteiger charge is -2.34. The molecule has 1 aromatic heterocycles. The van der Waals surface area contributed by atoms with Crippen LogP contribution < -0.4 is 0 Å². The third-order valence-electron chi connectivity index (χ3n) is 5.07. The Hall–Kier alpha value is -2.97. The van der Waals surface area contributed by atoms with Crippen LogP contribution in [0.15, 0.2) is 71.9 Å². The van der Waals surface area contributed by atoms with Crippen molar-refractivity contribution >= 4 is 15.9 Å². The predicted molar refractivity (Wildman–Crippen MR) is 109 cm³/mol. The molecule has 4 rings (SSSR count). The second-order valence-corrected chi connectivity index (χ2v) is 8.94. The molecule has 8 heteroatoms. The SMILES string of the molecule is Cc1ccc(S(=O)(=O)N2CCN(C(=O)c3ccc(-n4cccn4)cc3)CC2)cc1. The normalized spacial score (nSPS) is 15.4. The van der Waals surface area contributed by atoms with Gasteiger partial charge in [0.2, 0.25) is 10.0 Å². The summed E-state index contributed by atoms with van der Waals surface area (Å²) in [5.41, 5.74) is 2.47. The zero-order valence-corrected chi connectivity index (χ0v) is 16.9. The van der Waals surface area contributed by atoms with Crippen LogP contribution in [0, 0.1) is 6.92 Å². The van der Waals surface area contributed by atoms with Crippen LogP contribution in [-0.2, 0) is 10.0 Å². The van der Waals surface area contributed by atoms with E-state index in [9.17, 15) is 13.2 Å². The Labute approximate surface area is 170 Å². The van der Waals surface area contributed by atoms with Gasteiger partial charge in [-0.1, -0.05) is 17.7 Å². The van der Waals surface area contributed by atoms with Crippen LogP contribution in [0.5, 0.6) is 0 Å². The first-order valence-electron chi connectivity index (χ1n) is 9.41. The van der Waals surface area contributed by atoms with Gasteiger partial charge in [-0.2, -0.15) is 9.40 Å². The average molecular weight is 410 g/mol. The van der Waals surface area contributed by atoms with E-state index in [0.717, 1.165) is 11.3 Å². The molecule has 1 aliphatic heterocycles. The lowest BCUT2D eigenvalue weighted by Crippen LogP contribution is -2.50. The van der Waals surface area contributed by atoms with Gasteiger partial charge < -0.3 is 4.90 Å². The zero-order valence-electron chi connectivity index (χ0n) is 16.1. The van der Waals surface area contributed by atoms with Crippen molar-refractivity contribution in [2.75, 3.05) is 26.2 Å². The maximum Gasteiger partial charge on any atom is 0.253 e. The quantitative estimate of drug-likeness (QED) is 0.662. The fraction of sp³-hybridized carbons (Fsp3) is 0.238. The van der Waals surface area contributed by atoms with Crippen molar-refractivity contribution in [3.05, 3.63) is 78.1 Å². The summed E-state index contributed by atoms with van der Waals surface area (Å²) >= 11 is 0. The van der Waals surface area contributed by atoms with Crippen molar-refractivity contribution in [3.8, 4) is 5.69 Å². The van der Waals surface area contributed by atoms with Crippen molar-refractivity contribution in [1.82, 2.24) is 19.0 Å². The number of benzene rings is 2. The molecule has 0 aliphatic carbocycles. The second-order valence-electron chi connectivity index (χ2n) is 7.01. The van der Waals surface area contributed by atoms with E-state index in [-0.39, 0.29) is 23.9 Å². The first-order valence-corrected chi connectivity index (χ1v) is 10.9. The Morgan fingerprint density at radius 2 is 1.59 bits per heavy atom. The number of sulfonamides is 1. The summed E-state index contributed by atoms with van der Waals surface area (Å²) in [5, 5.41) is 4.17. The number of piperazine rings is 1. The Morgan fingerprint density at radius 1 is 0.931 bits per heavy atom. The number of hydrogen-bond acceptors (Lipinski definition) is 4. The van der Waals surface area contributed by atoms with Gasteiger partial charge in [-0.05, 0) is 49.4 Å². The number of aromatic nitrogens is 2. The van der Waals surface area contributed by atoms with Gasteiger partial charge in [-0.25, -0.2) is 13.1 Å². The second kappa shape index (κ2) is 7.81. The largest absolute Gasteiger partial charge is 0.336 e. The smallest absolute Gasteiger partial charge is 0.253 e. The summed E-state index contributed by atoms with van der Waals surface area (Å²) in [6.07, 6.45) is 3.54.